The second kappa shape index (κ2) is 8.62. The van der Waals surface area contributed by atoms with E-state index >= 15 is 0 Å². The molecule has 0 spiro atoms. The molecule has 8 nitrogen and oxygen atoms in total. The first-order valence-corrected chi connectivity index (χ1v) is 8.86. The van der Waals surface area contributed by atoms with Crippen LogP contribution in [0.1, 0.15) is 25.1 Å². The van der Waals surface area contributed by atoms with Crippen LogP contribution in [0.15, 0.2) is 11.2 Å². The summed E-state index contributed by atoms with van der Waals surface area (Å²) in [6.45, 7) is 3.54. The molecule has 1 saturated heterocycles. The molecule has 1 fully saturated rings. The van der Waals surface area contributed by atoms with E-state index in [-0.39, 0.29) is 42.3 Å². The molecule has 10 heteroatoms. The summed E-state index contributed by atoms with van der Waals surface area (Å²) in [6, 6.07) is 0.135. The van der Waals surface area contributed by atoms with E-state index in [9.17, 15) is 13.2 Å². The minimum atomic E-state index is -3.66. The van der Waals surface area contributed by atoms with Crippen LogP contribution in [0.2, 0.25) is 0 Å². The van der Waals surface area contributed by atoms with Gasteiger partial charge in [-0.3, -0.25) is 4.79 Å². The standard InChI is InChI=1S/C13H23N5O3S.ClH/c1-10-16-13(9-18(10)2)22(20,21)15-7-5-12(19)17-11-4-3-6-14-8-11;/h9,11,14-15H,3-8H2,1-2H3,(H,17,19);1H/t11-;/m0./s1. The Labute approximate surface area is 142 Å². The van der Waals surface area contributed by atoms with Gasteiger partial charge in [0.15, 0.2) is 5.03 Å². The Kier molecular flexibility index (Phi) is 7.46. The fourth-order valence-electron chi connectivity index (χ4n) is 2.30. The number of carbonyl (C=O) groups excluding carboxylic acids is 1. The maximum absolute atomic E-state index is 12.0. The molecule has 2 heterocycles. The third-order valence-corrected chi connectivity index (χ3v) is 5.00. The molecule has 0 radical (unpaired) electrons. The number of rotatable bonds is 6. The number of aryl methyl sites for hydroxylation is 2. The molecule has 132 valence electrons. The van der Waals surface area contributed by atoms with Gasteiger partial charge in [0.1, 0.15) is 5.82 Å². The average molecular weight is 366 g/mol. The summed E-state index contributed by atoms with van der Waals surface area (Å²) >= 11 is 0. The average Bonchev–Trinajstić information content (AvgIpc) is 2.80. The van der Waals surface area contributed by atoms with Crippen LogP contribution in [-0.2, 0) is 21.9 Å². The summed E-state index contributed by atoms with van der Waals surface area (Å²) in [7, 11) is -1.94. The normalized spacial score (nSPS) is 18.3. The maximum Gasteiger partial charge on any atom is 0.259 e. The van der Waals surface area contributed by atoms with Crippen molar-refractivity contribution in [3.63, 3.8) is 0 Å². The van der Waals surface area contributed by atoms with Crippen LogP contribution in [0.3, 0.4) is 0 Å². The number of aromatic nitrogens is 2. The summed E-state index contributed by atoms with van der Waals surface area (Å²) in [4.78, 5) is 15.8. The Morgan fingerprint density at radius 2 is 2.26 bits per heavy atom. The van der Waals surface area contributed by atoms with Crippen LogP contribution in [0.25, 0.3) is 0 Å². The van der Waals surface area contributed by atoms with E-state index in [4.69, 9.17) is 0 Å². The lowest BCUT2D eigenvalue weighted by molar-refractivity contribution is -0.121. The van der Waals surface area contributed by atoms with Crippen LogP contribution in [0.4, 0.5) is 0 Å². The minimum absolute atomic E-state index is 0. The zero-order valence-electron chi connectivity index (χ0n) is 13.3. The van der Waals surface area contributed by atoms with Gasteiger partial charge >= 0.3 is 0 Å². The molecule has 0 aromatic carbocycles. The lowest BCUT2D eigenvalue weighted by Gasteiger charge is -2.23. The molecule has 2 rings (SSSR count). The highest BCUT2D eigenvalue weighted by molar-refractivity contribution is 7.89. The molecule has 1 aliphatic rings. The van der Waals surface area contributed by atoms with Crippen LogP contribution in [-0.4, -0.2) is 49.6 Å². The van der Waals surface area contributed by atoms with Gasteiger partial charge in [0.25, 0.3) is 10.0 Å². The van der Waals surface area contributed by atoms with Crippen molar-refractivity contribution in [3.8, 4) is 0 Å². The van der Waals surface area contributed by atoms with Crippen molar-refractivity contribution in [3.05, 3.63) is 12.0 Å². The Balaban J connectivity index is 0.00000264. The zero-order valence-corrected chi connectivity index (χ0v) is 15.0. The number of hydrogen-bond acceptors (Lipinski definition) is 5. The number of sulfonamides is 1. The van der Waals surface area contributed by atoms with E-state index < -0.39 is 10.0 Å². The monoisotopic (exact) mass is 365 g/mol. The smallest absolute Gasteiger partial charge is 0.259 e. The van der Waals surface area contributed by atoms with Crippen LogP contribution < -0.4 is 15.4 Å². The number of piperidine rings is 1. The van der Waals surface area contributed by atoms with Gasteiger partial charge in [0, 0.05) is 38.8 Å². The Bertz CT molecular complexity index is 606. The van der Waals surface area contributed by atoms with Crippen molar-refractivity contribution in [2.45, 2.75) is 37.3 Å². The number of nitrogens with zero attached hydrogens (tertiary/aromatic N) is 2. The first kappa shape index (κ1) is 19.9. The third kappa shape index (κ3) is 5.76. The number of nitrogens with one attached hydrogen (secondary N) is 3. The lowest BCUT2D eigenvalue weighted by atomic mass is 10.1. The quantitative estimate of drug-likeness (QED) is 0.641. The topological polar surface area (TPSA) is 105 Å². The van der Waals surface area contributed by atoms with Crippen molar-refractivity contribution in [1.29, 1.82) is 0 Å². The molecule has 1 aliphatic heterocycles. The van der Waals surface area contributed by atoms with Gasteiger partial charge in [-0.15, -0.1) is 12.4 Å². The Hall–Kier alpha value is -1.16. The van der Waals surface area contributed by atoms with E-state index in [1.54, 1.807) is 18.5 Å². The van der Waals surface area contributed by atoms with Crippen LogP contribution in [0.5, 0.6) is 0 Å². The van der Waals surface area contributed by atoms with E-state index in [0.29, 0.717) is 5.82 Å². The van der Waals surface area contributed by atoms with Crippen molar-refractivity contribution < 1.29 is 13.2 Å². The first-order chi connectivity index (χ1) is 10.4. The first-order valence-electron chi connectivity index (χ1n) is 7.38. The van der Waals surface area contributed by atoms with Crippen LogP contribution >= 0.6 is 12.4 Å². The number of amides is 1. The number of halogens is 1. The number of imidazole rings is 1. The van der Waals surface area contributed by atoms with Gasteiger partial charge in [-0.05, 0) is 26.3 Å². The molecule has 3 N–H and O–H groups in total. The SMILES string of the molecule is Cc1nc(S(=O)(=O)NCCC(=O)N[C@H]2CCCNC2)cn1C.Cl. The predicted molar refractivity (Wildman–Crippen MR) is 89.0 cm³/mol. The highest BCUT2D eigenvalue weighted by Crippen LogP contribution is 2.07. The molecule has 23 heavy (non-hydrogen) atoms. The van der Waals surface area contributed by atoms with Crippen molar-refractivity contribution in [2.75, 3.05) is 19.6 Å². The molecule has 1 atom stereocenters. The Morgan fingerprint density at radius 3 is 2.83 bits per heavy atom. The van der Waals surface area contributed by atoms with Gasteiger partial charge in [0.05, 0.1) is 0 Å². The molecule has 1 aromatic rings. The van der Waals surface area contributed by atoms with Crippen LogP contribution in [0, 0.1) is 6.92 Å². The van der Waals surface area contributed by atoms with Crippen molar-refractivity contribution in [1.82, 2.24) is 24.9 Å². The lowest BCUT2D eigenvalue weighted by Crippen LogP contribution is -2.46. The molecule has 1 aromatic heterocycles. The predicted octanol–water partition coefficient (Wildman–Crippen LogP) is -0.313. The van der Waals surface area contributed by atoms with E-state index in [0.717, 1.165) is 25.9 Å². The molecule has 0 unspecified atom stereocenters. The summed E-state index contributed by atoms with van der Waals surface area (Å²) in [5, 5.41) is 6.09. The number of hydrogen-bond donors (Lipinski definition) is 3. The second-order valence-corrected chi connectivity index (χ2v) is 7.21. The summed E-state index contributed by atoms with van der Waals surface area (Å²) in [5.41, 5.74) is 0. The molecule has 0 saturated carbocycles. The molecular weight excluding hydrogens is 342 g/mol. The van der Waals surface area contributed by atoms with E-state index in [2.05, 4.69) is 20.3 Å². The molecule has 0 aliphatic carbocycles. The molecule has 0 bridgehead atoms. The second-order valence-electron chi connectivity index (χ2n) is 5.50. The van der Waals surface area contributed by atoms with Gasteiger partial charge in [-0.1, -0.05) is 0 Å². The Morgan fingerprint density at radius 1 is 1.52 bits per heavy atom. The summed E-state index contributed by atoms with van der Waals surface area (Å²) in [5.74, 6) is 0.469. The number of carbonyl (C=O) groups is 1. The minimum Gasteiger partial charge on any atom is -0.352 e. The molecular formula is C13H24ClN5O3S. The largest absolute Gasteiger partial charge is 0.352 e. The fourth-order valence-corrected chi connectivity index (χ4v) is 3.37. The highest BCUT2D eigenvalue weighted by Gasteiger charge is 2.19. The zero-order chi connectivity index (χ0) is 16.2. The molecule has 1 amide bonds. The van der Waals surface area contributed by atoms with Crippen molar-refractivity contribution in [2.24, 2.45) is 7.05 Å². The van der Waals surface area contributed by atoms with Gasteiger partial charge in [-0.2, -0.15) is 0 Å². The van der Waals surface area contributed by atoms with E-state index in [1.165, 1.54) is 6.20 Å². The van der Waals surface area contributed by atoms with E-state index in [1.807, 2.05) is 0 Å². The summed E-state index contributed by atoms with van der Waals surface area (Å²) < 4.78 is 28.1. The van der Waals surface area contributed by atoms with Gasteiger partial charge in [-0.25, -0.2) is 18.1 Å². The summed E-state index contributed by atoms with van der Waals surface area (Å²) in [6.07, 6.45) is 3.56. The fraction of sp³-hybridized carbons (Fsp3) is 0.692. The van der Waals surface area contributed by atoms with Gasteiger partial charge < -0.3 is 15.2 Å². The third-order valence-electron chi connectivity index (χ3n) is 3.67. The maximum atomic E-state index is 12.0. The van der Waals surface area contributed by atoms with Crippen molar-refractivity contribution >= 4 is 28.3 Å². The highest BCUT2D eigenvalue weighted by atomic mass is 35.5. The van der Waals surface area contributed by atoms with Gasteiger partial charge in [0.2, 0.25) is 5.91 Å².